The zero-order valence-corrected chi connectivity index (χ0v) is 10.6. The molecular weight excluding hydrogens is 217 g/mol. The summed E-state index contributed by atoms with van der Waals surface area (Å²) in [6.07, 6.45) is -3.36. The van der Waals surface area contributed by atoms with Gasteiger partial charge in [0.1, 0.15) is 0 Å². The Hall–Kier alpha value is -0.290. The molecule has 0 aliphatic rings. The Balaban J connectivity index is 4.32. The normalized spacial score (nSPS) is 13.5. The van der Waals surface area contributed by atoms with Crippen molar-refractivity contribution in [2.45, 2.75) is 33.4 Å². The van der Waals surface area contributed by atoms with Crippen LogP contribution in [0.3, 0.4) is 0 Å². The molecule has 0 unspecified atom stereocenters. The number of halogens is 3. The average molecular weight is 240 g/mol. The smallest absolute Gasteiger partial charge is 0.319 e. The lowest BCUT2D eigenvalue weighted by Gasteiger charge is -2.32. The van der Waals surface area contributed by atoms with Crippen molar-refractivity contribution in [3.05, 3.63) is 0 Å². The van der Waals surface area contributed by atoms with Gasteiger partial charge in [-0.3, -0.25) is 4.90 Å². The summed E-state index contributed by atoms with van der Waals surface area (Å²) in [6.45, 7) is 6.70. The van der Waals surface area contributed by atoms with Gasteiger partial charge < -0.3 is 5.32 Å². The van der Waals surface area contributed by atoms with Gasteiger partial charge in [0.05, 0.1) is 6.54 Å². The summed E-state index contributed by atoms with van der Waals surface area (Å²) in [5.74, 6) is 0. The minimum Gasteiger partial charge on any atom is -0.319 e. The van der Waals surface area contributed by atoms with Crippen LogP contribution in [0.5, 0.6) is 0 Å². The molecule has 0 aliphatic carbocycles. The SMILES string of the molecule is CCCN(CC(F)(F)F)CC(C)(C)CNC. The lowest BCUT2D eigenvalue weighted by Crippen LogP contribution is -2.43. The molecule has 0 spiro atoms. The minimum absolute atomic E-state index is 0.144. The summed E-state index contributed by atoms with van der Waals surface area (Å²) < 4.78 is 37.0. The van der Waals surface area contributed by atoms with Crippen LogP contribution < -0.4 is 5.32 Å². The lowest BCUT2D eigenvalue weighted by atomic mass is 9.92. The van der Waals surface area contributed by atoms with Gasteiger partial charge >= 0.3 is 6.18 Å². The number of hydrogen-bond donors (Lipinski definition) is 1. The second-order valence-corrected chi connectivity index (χ2v) is 5.02. The monoisotopic (exact) mass is 240 g/mol. The Bertz CT molecular complexity index is 190. The fraction of sp³-hybridized carbons (Fsp3) is 1.00. The van der Waals surface area contributed by atoms with Crippen molar-refractivity contribution in [2.75, 3.05) is 33.2 Å². The highest BCUT2D eigenvalue weighted by Crippen LogP contribution is 2.21. The average Bonchev–Trinajstić information content (AvgIpc) is 1.99. The van der Waals surface area contributed by atoms with Crippen molar-refractivity contribution in [1.29, 1.82) is 0 Å². The Morgan fingerprint density at radius 2 is 1.69 bits per heavy atom. The quantitative estimate of drug-likeness (QED) is 0.735. The van der Waals surface area contributed by atoms with Crippen molar-refractivity contribution in [1.82, 2.24) is 10.2 Å². The summed E-state index contributed by atoms with van der Waals surface area (Å²) in [5, 5.41) is 3.01. The molecule has 0 aromatic heterocycles. The van der Waals surface area contributed by atoms with Gasteiger partial charge in [-0.1, -0.05) is 20.8 Å². The van der Waals surface area contributed by atoms with Gasteiger partial charge in [0.25, 0.3) is 0 Å². The van der Waals surface area contributed by atoms with Crippen molar-refractivity contribution in [2.24, 2.45) is 5.41 Å². The third-order valence-corrected chi connectivity index (χ3v) is 2.25. The van der Waals surface area contributed by atoms with Gasteiger partial charge in [-0.05, 0) is 25.4 Å². The molecule has 98 valence electrons. The first-order chi connectivity index (χ1) is 7.20. The van der Waals surface area contributed by atoms with E-state index in [9.17, 15) is 13.2 Å². The molecule has 5 heteroatoms. The highest BCUT2D eigenvalue weighted by Gasteiger charge is 2.32. The molecule has 0 rings (SSSR count). The first-order valence-electron chi connectivity index (χ1n) is 5.64. The number of hydrogen-bond acceptors (Lipinski definition) is 2. The number of nitrogens with zero attached hydrogens (tertiary/aromatic N) is 1. The van der Waals surface area contributed by atoms with Crippen LogP contribution in [0.25, 0.3) is 0 Å². The molecule has 0 saturated carbocycles. The third kappa shape index (κ3) is 7.93. The fourth-order valence-electron chi connectivity index (χ4n) is 1.92. The lowest BCUT2D eigenvalue weighted by molar-refractivity contribution is -0.148. The van der Waals surface area contributed by atoms with E-state index in [-0.39, 0.29) is 5.41 Å². The summed E-state index contributed by atoms with van der Waals surface area (Å²) in [5.41, 5.74) is -0.144. The zero-order chi connectivity index (χ0) is 12.8. The maximum Gasteiger partial charge on any atom is 0.401 e. The van der Waals surface area contributed by atoms with Gasteiger partial charge in [-0.2, -0.15) is 13.2 Å². The first-order valence-corrected chi connectivity index (χ1v) is 5.64. The second kappa shape index (κ2) is 6.45. The molecule has 0 heterocycles. The molecular formula is C11H23F3N2. The number of nitrogens with one attached hydrogen (secondary N) is 1. The Kier molecular flexibility index (Phi) is 6.33. The maximum atomic E-state index is 12.3. The van der Waals surface area contributed by atoms with Crippen LogP contribution in [0.15, 0.2) is 0 Å². The largest absolute Gasteiger partial charge is 0.401 e. The molecule has 0 aromatic rings. The van der Waals surface area contributed by atoms with Crippen molar-refractivity contribution < 1.29 is 13.2 Å². The highest BCUT2D eigenvalue weighted by atomic mass is 19.4. The molecule has 16 heavy (non-hydrogen) atoms. The van der Waals surface area contributed by atoms with Crippen LogP contribution >= 0.6 is 0 Å². The maximum absolute atomic E-state index is 12.3. The van der Waals surface area contributed by atoms with Crippen molar-refractivity contribution in [3.8, 4) is 0 Å². The van der Waals surface area contributed by atoms with Crippen LogP contribution in [-0.4, -0.2) is 44.3 Å². The first kappa shape index (κ1) is 15.7. The van der Waals surface area contributed by atoms with E-state index in [1.165, 1.54) is 4.90 Å². The van der Waals surface area contributed by atoms with Gasteiger partial charge in [-0.25, -0.2) is 0 Å². The zero-order valence-electron chi connectivity index (χ0n) is 10.6. The van der Waals surface area contributed by atoms with Crippen LogP contribution in [0.1, 0.15) is 27.2 Å². The fourth-order valence-corrected chi connectivity index (χ4v) is 1.92. The molecule has 0 atom stereocenters. The number of alkyl halides is 3. The predicted molar refractivity (Wildman–Crippen MR) is 60.5 cm³/mol. The molecule has 0 radical (unpaired) electrons. The molecule has 0 amide bonds. The third-order valence-electron chi connectivity index (χ3n) is 2.25. The van der Waals surface area contributed by atoms with Gasteiger partial charge in [0.15, 0.2) is 0 Å². The van der Waals surface area contributed by atoms with Crippen molar-refractivity contribution >= 4 is 0 Å². The minimum atomic E-state index is -4.11. The Labute approximate surface area is 96.2 Å². The van der Waals surface area contributed by atoms with Gasteiger partial charge in [-0.15, -0.1) is 0 Å². The molecule has 0 saturated heterocycles. The van der Waals surface area contributed by atoms with E-state index in [1.807, 2.05) is 27.8 Å². The van der Waals surface area contributed by atoms with Crippen LogP contribution in [0, 0.1) is 5.41 Å². The molecule has 0 aromatic carbocycles. The van der Waals surface area contributed by atoms with Gasteiger partial charge in [0, 0.05) is 13.1 Å². The molecule has 0 bridgehead atoms. The van der Waals surface area contributed by atoms with Crippen LogP contribution in [-0.2, 0) is 0 Å². The van der Waals surface area contributed by atoms with E-state index < -0.39 is 12.7 Å². The van der Waals surface area contributed by atoms with E-state index in [1.54, 1.807) is 0 Å². The molecule has 0 aliphatic heterocycles. The standard InChI is InChI=1S/C11H23F3N2/c1-5-6-16(9-11(12,13)14)8-10(2,3)7-15-4/h15H,5-9H2,1-4H3. The van der Waals surface area contributed by atoms with Gasteiger partial charge in [0.2, 0.25) is 0 Å². The molecule has 1 N–H and O–H groups in total. The van der Waals surface area contributed by atoms with Crippen LogP contribution in [0.2, 0.25) is 0 Å². The summed E-state index contributed by atoms with van der Waals surface area (Å²) >= 11 is 0. The summed E-state index contributed by atoms with van der Waals surface area (Å²) in [4.78, 5) is 1.48. The van der Waals surface area contributed by atoms with E-state index in [0.717, 1.165) is 6.42 Å². The Morgan fingerprint density at radius 3 is 2.06 bits per heavy atom. The summed E-state index contributed by atoms with van der Waals surface area (Å²) in [7, 11) is 1.82. The van der Waals surface area contributed by atoms with Crippen molar-refractivity contribution in [3.63, 3.8) is 0 Å². The van der Waals surface area contributed by atoms with Crippen LogP contribution in [0.4, 0.5) is 13.2 Å². The topological polar surface area (TPSA) is 15.3 Å². The Morgan fingerprint density at radius 1 is 1.12 bits per heavy atom. The summed E-state index contributed by atoms with van der Waals surface area (Å²) in [6, 6.07) is 0. The second-order valence-electron chi connectivity index (χ2n) is 5.02. The van der Waals surface area contributed by atoms with E-state index in [4.69, 9.17) is 0 Å². The number of rotatable bonds is 7. The van der Waals surface area contributed by atoms with E-state index in [2.05, 4.69) is 5.32 Å². The highest BCUT2D eigenvalue weighted by molar-refractivity contribution is 4.77. The molecule has 2 nitrogen and oxygen atoms in total. The van der Waals surface area contributed by atoms with E-state index in [0.29, 0.717) is 19.6 Å². The van der Waals surface area contributed by atoms with E-state index >= 15 is 0 Å². The predicted octanol–water partition coefficient (Wildman–Crippen LogP) is 2.51. The molecule has 0 fully saturated rings.